The van der Waals surface area contributed by atoms with Crippen molar-refractivity contribution in [3.63, 3.8) is 0 Å². The molecule has 0 unspecified atom stereocenters. The molecule has 0 aromatic carbocycles. The van der Waals surface area contributed by atoms with Gasteiger partial charge in [0.05, 0.1) is 5.56 Å². The van der Waals surface area contributed by atoms with Gasteiger partial charge in [0, 0.05) is 36.6 Å². The van der Waals surface area contributed by atoms with Gasteiger partial charge in [-0.2, -0.15) is 0 Å². The topological polar surface area (TPSA) is 77.3 Å². The molecule has 24 heavy (non-hydrogen) atoms. The molecule has 3 rings (SSSR count). The van der Waals surface area contributed by atoms with Crippen LogP contribution in [0.15, 0.2) is 16.7 Å². The lowest BCUT2D eigenvalue weighted by Crippen LogP contribution is -2.45. The second kappa shape index (κ2) is 6.43. The van der Waals surface area contributed by atoms with Crippen LogP contribution in [0.4, 0.5) is 0 Å². The van der Waals surface area contributed by atoms with Gasteiger partial charge < -0.3 is 15.2 Å². The number of amides is 1. The van der Waals surface area contributed by atoms with E-state index in [2.05, 4.69) is 5.16 Å². The van der Waals surface area contributed by atoms with Crippen LogP contribution in [0.2, 0.25) is 0 Å². The number of aromatic nitrogens is 2. The van der Waals surface area contributed by atoms with E-state index in [0.29, 0.717) is 11.7 Å². The van der Waals surface area contributed by atoms with Gasteiger partial charge in [0.25, 0.3) is 5.91 Å². The lowest BCUT2D eigenvalue weighted by molar-refractivity contribution is 0.0660. The molecule has 2 N–H and O–H groups in total. The predicted octanol–water partition coefficient (Wildman–Crippen LogP) is 2.59. The Kier molecular flexibility index (Phi) is 4.49. The molecule has 0 aliphatic carbocycles. The lowest BCUT2D eigenvalue weighted by atomic mass is 9.92. The molecule has 1 aliphatic rings. The maximum Gasteiger partial charge on any atom is 0.255 e. The first-order valence-electron chi connectivity index (χ1n) is 8.56. The minimum atomic E-state index is 0.0833. The second-order valence-corrected chi connectivity index (χ2v) is 6.93. The molecule has 130 valence electrons. The van der Waals surface area contributed by atoms with Crippen molar-refractivity contribution in [3.8, 4) is 5.82 Å². The van der Waals surface area contributed by atoms with E-state index in [4.69, 9.17) is 10.3 Å². The molecule has 1 saturated heterocycles. The van der Waals surface area contributed by atoms with E-state index in [9.17, 15) is 4.79 Å². The SMILES string of the molecule is Cc1cc(-n2c(C)cc(C(=O)N3CCC[C@H]([C@H](C)N)C3)c2C)no1. The van der Waals surface area contributed by atoms with Gasteiger partial charge in [0.15, 0.2) is 5.82 Å². The van der Waals surface area contributed by atoms with Crippen LogP contribution < -0.4 is 5.73 Å². The highest BCUT2D eigenvalue weighted by atomic mass is 16.5. The fourth-order valence-electron chi connectivity index (χ4n) is 3.58. The first-order chi connectivity index (χ1) is 11.4. The Morgan fingerprint density at radius 3 is 2.75 bits per heavy atom. The maximum atomic E-state index is 13.0. The third-order valence-corrected chi connectivity index (χ3v) is 4.99. The van der Waals surface area contributed by atoms with Crippen molar-refractivity contribution in [1.82, 2.24) is 14.6 Å². The zero-order valence-electron chi connectivity index (χ0n) is 14.9. The highest BCUT2D eigenvalue weighted by molar-refractivity contribution is 5.96. The molecular formula is C18H26N4O2. The Morgan fingerprint density at radius 1 is 1.38 bits per heavy atom. The molecule has 1 amide bonds. The first kappa shape index (κ1) is 16.8. The van der Waals surface area contributed by atoms with E-state index in [-0.39, 0.29) is 11.9 Å². The molecule has 3 heterocycles. The molecule has 2 aromatic heterocycles. The number of nitrogens with zero attached hydrogens (tertiary/aromatic N) is 3. The fourth-order valence-corrected chi connectivity index (χ4v) is 3.58. The van der Waals surface area contributed by atoms with Gasteiger partial charge in [-0.25, -0.2) is 0 Å². The number of rotatable bonds is 3. The average Bonchev–Trinajstić information content (AvgIpc) is 3.09. The zero-order valence-corrected chi connectivity index (χ0v) is 14.9. The number of carbonyl (C=O) groups excluding carboxylic acids is 1. The van der Waals surface area contributed by atoms with Crippen molar-refractivity contribution >= 4 is 5.91 Å². The summed E-state index contributed by atoms with van der Waals surface area (Å²) in [6.07, 6.45) is 2.11. The number of piperidine rings is 1. The van der Waals surface area contributed by atoms with Crippen molar-refractivity contribution in [2.24, 2.45) is 11.7 Å². The standard InChI is InChI=1S/C18H26N4O2/c1-11-8-16(14(4)22(11)17-9-12(2)24-20-17)18(23)21-7-5-6-15(10-21)13(3)19/h8-9,13,15H,5-7,10,19H2,1-4H3/t13-,15-/m0/s1. The monoisotopic (exact) mass is 330 g/mol. The van der Waals surface area contributed by atoms with E-state index in [1.165, 1.54) is 0 Å². The summed E-state index contributed by atoms with van der Waals surface area (Å²) in [7, 11) is 0. The van der Waals surface area contributed by atoms with Gasteiger partial charge in [-0.1, -0.05) is 5.16 Å². The van der Waals surface area contributed by atoms with Gasteiger partial charge in [-0.15, -0.1) is 0 Å². The van der Waals surface area contributed by atoms with E-state index < -0.39 is 0 Å². The van der Waals surface area contributed by atoms with Crippen molar-refractivity contribution in [3.05, 3.63) is 34.8 Å². The number of likely N-dealkylation sites (tertiary alicyclic amines) is 1. The van der Waals surface area contributed by atoms with E-state index in [0.717, 1.165) is 48.6 Å². The quantitative estimate of drug-likeness (QED) is 0.938. The summed E-state index contributed by atoms with van der Waals surface area (Å²) in [5, 5.41) is 4.07. The van der Waals surface area contributed by atoms with Crippen molar-refractivity contribution in [2.45, 2.75) is 46.6 Å². The number of aryl methyl sites for hydroxylation is 2. The third kappa shape index (κ3) is 2.98. The summed E-state index contributed by atoms with van der Waals surface area (Å²) in [5.41, 5.74) is 8.65. The van der Waals surface area contributed by atoms with Crippen LogP contribution in [-0.4, -0.2) is 39.7 Å². The van der Waals surface area contributed by atoms with Crippen LogP contribution in [-0.2, 0) is 0 Å². The number of nitrogens with two attached hydrogens (primary N) is 1. The number of carbonyl (C=O) groups is 1. The lowest BCUT2D eigenvalue weighted by Gasteiger charge is -2.34. The normalized spacial score (nSPS) is 19.5. The van der Waals surface area contributed by atoms with Gasteiger partial charge in [-0.05, 0) is 52.5 Å². The van der Waals surface area contributed by atoms with Crippen LogP contribution in [0, 0.1) is 26.7 Å². The van der Waals surface area contributed by atoms with Crippen molar-refractivity contribution < 1.29 is 9.32 Å². The molecule has 6 nitrogen and oxygen atoms in total. The van der Waals surface area contributed by atoms with E-state index in [1.54, 1.807) is 0 Å². The Bertz CT molecular complexity index is 744. The second-order valence-electron chi connectivity index (χ2n) is 6.93. The third-order valence-electron chi connectivity index (χ3n) is 4.99. The fraction of sp³-hybridized carbons (Fsp3) is 0.556. The van der Waals surface area contributed by atoms with Gasteiger partial charge in [0.2, 0.25) is 0 Å². The molecule has 2 aromatic rings. The molecule has 2 atom stereocenters. The van der Waals surface area contributed by atoms with E-state index >= 15 is 0 Å². The molecule has 0 bridgehead atoms. The average molecular weight is 330 g/mol. The summed E-state index contributed by atoms with van der Waals surface area (Å²) >= 11 is 0. The van der Waals surface area contributed by atoms with Crippen LogP contribution in [0.3, 0.4) is 0 Å². The molecule has 0 saturated carbocycles. The smallest absolute Gasteiger partial charge is 0.255 e. The van der Waals surface area contributed by atoms with Gasteiger partial charge >= 0.3 is 0 Å². The van der Waals surface area contributed by atoms with Crippen molar-refractivity contribution in [2.75, 3.05) is 13.1 Å². The molecule has 6 heteroatoms. The van der Waals surface area contributed by atoms with E-state index in [1.807, 2.05) is 49.3 Å². The summed E-state index contributed by atoms with van der Waals surface area (Å²) in [6, 6.07) is 3.93. The summed E-state index contributed by atoms with van der Waals surface area (Å²) in [4.78, 5) is 15.0. The predicted molar refractivity (Wildman–Crippen MR) is 92.3 cm³/mol. The molecule has 1 aliphatic heterocycles. The zero-order chi connectivity index (χ0) is 17.4. The Labute approximate surface area is 142 Å². The largest absolute Gasteiger partial charge is 0.360 e. The van der Waals surface area contributed by atoms with Gasteiger partial charge in [0.1, 0.15) is 5.76 Å². The van der Waals surface area contributed by atoms with Crippen molar-refractivity contribution in [1.29, 1.82) is 0 Å². The molecule has 0 radical (unpaired) electrons. The molecule has 1 fully saturated rings. The highest BCUT2D eigenvalue weighted by Gasteiger charge is 2.28. The summed E-state index contributed by atoms with van der Waals surface area (Å²) < 4.78 is 7.14. The minimum Gasteiger partial charge on any atom is -0.360 e. The number of hydrogen-bond acceptors (Lipinski definition) is 4. The van der Waals surface area contributed by atoms with Crippen LogP contribution in [0.5, 0.6) is 0 Å². The maximum absolute atomic E-state index is 13.0. The van der Waals surface area contributed by atoms with Gasteiger partial charge in [-0.3, -0.25) is 9.36 Å². The van der Waals surface area contributed by atoms with Crippen LogP contribution >= 0.6 is 0 Å². The van der Waals surface area contributed by atoms with Crippen LogP contribution in [0.1, 0.15) is 47.3 Å². The van der Waals surface area contributed by atoms with Crippen LogP contribution in [0.25, 0.3) is 5.82 Å². The Hall–Kier alpha value is -2.08. The number of hydrogen-bond donors (Lipinski definition) is 1. The Balaban J connectivity index is 1.88. The summed E-state index contributed by atoms with van der Waals surface area (Å²) in [5.74, 6) is 1.93. The first-order valence-corrected chi connectivity index (χ1v) is 8.56. The minimum absolute atomic E-state index is 0.0833. The Morgan fingerprint density at radius 2 is 2.12 bits per heavy atom. The summed E-state index contributed by atoms with van der Waals surface area (Å²) in [6.45, 7) is 9.36. The molecule has 0 spiro atoms. The molecular weight excluding hydrogens is 304 g/mol. The highest BCUT2D eigenvalue weighted by Crippen LogP contribution is 2.25.